The van der Waals surface area contributed by atoms with Crippen molar-refractivity contribution >= 4 is 21.6 Å². The summed E-state index contributed by atoms with van der Waals surface area (Å²) < 4.78 is 26.5. The van der Waals surface area contributed by atoms with Crippen LogP contribution in [0.25, 0.3) is 0 Å². The van der Waals surface area contributed by atoms with Gasteiger partial charge in [-0.25, -0.2) is 0 Å². The molecule has 1 fully saturated rings. The van der Waals surface area contributed by atoms with Crippen molar-refractivity contribution in [2.24, 2.45) is 14.7 Å². The molecule has 0 amide bonds. The maximum absolute atomic E-state index is 11.7. The monoisotopic (exact) mass is 309 g/mol. The standard InChI is InChI=1S/C13H18N4O3S/c1-11(18)15-21(19,20)13-7-5-12(6-8-13)14-16-17-9-3-2-4-10-17/h5-8H,2-4,9-10H2,1H3,(H,15,18)/p-1. The van der Waals surface area contributed by atoms with Gasteiger partial charge in [0.25, 0.3) is 10.0 Å². The number of sulfonamides is 1. The summed E-state index contributed by atoms with van der Waals surface area (Å²) in [6, 6.07) is 5.81. The summed E-state index contributed by atoms with van der Waals surface area (Å²) in [5.74, 6) is -0.746. The predicted octanol–water partition coefficient (Wildman–Crippen LogP) is 1.64. The Morgan fingerprint density at radius 1 is 1.14 bits per heavy atom. The van der Waals surface area contributed by atoms with Crippen LogP contribution in [0.2, 0.25) is 0 Å². The maximum Gasteiger partial charge on any atom is 0.281 e. The average molecular weight is 309 g/mol. The van der Waals surface area contributed by atoms with Gasteiger partial charge in [0, 0.05) is 13.1 Å². The second-order valence-corrected chi connectivity index (χ2v) is 6.39. The lowest BCUT2D eigenvalue weighted by atomic mass is 10.2. The molecule has 1 saturated heterocycles. The first-order valence-corrected chi connectivity index (χ1v) is 8.17. The van der Waals surface area contributed by atoms with E-state index in [0.29, 0.717) is 5.69 Å². The molecule has 0 radical (unpaired) electrons. The fourth-order valence-electron chi connectivity index (χ4n) is 1.99. The molecule has 0 saturated carbocycles. The Balaban J connectivity index is 2.08. The number of hydrogen-bond donors (Lipinski definition) is 0. The zero-order valence-electron chi connectivity index (χ0n) is 11.8. The molecule has 21 heavy (non-hydrogen) atoms. The molecule has 1 aliphatic heterocycles. The summed E-state index contributed by atoms with van der Waals surface area (Å²) in [4.78, 5) is -0.0328. The first-order chi connectivity index (χ1) is 9.97. The van der Waals surface area contributed by atoms with E-state index in [-0.39, 0.29) is 4.90 Å². The Morgan fingerprint density at radius 3 is 2.33 bits per heavy atom. The van der Waals surface area contributed by atoms with Gasteiger partial charge < -0.3 is 5.11 Å². The van der Waals surface area contributed by atoms with Gasteiger partial charge in [0.05, 0.1) is 10.6 Å². The van der Waals surface area contributed by atoms with E-state index in [9.17, 15) is 13.5 Å². The molecular formula is C13H17N4O3S-. The first kappa shape index (κ1) is 15.4. The molecule has 0 N–H and O–H groups in total. The van der Waals surface area contributed by atoms with Crippen LogP contribution in [0.1, 0.15) is 26.2 Å². The van der Waals surface area contributed by atoms with Crippen molar-refractivity contribution in [1.29, 1.82) is 0 Å². The lowest BCUT2D eigenvalue weighted by Gasteiger charge is -2.21. The van der Waals surface area contributed by atoms with Crippen LogP contribution in [0.5, 0.6) is 0 Å². The van der Waals surface area contributed by atoms with Crippen LogP contribution in [-0.4, -0.2) is 32.4 Å². The second kappa shape index (κ2) is 6.66. The van der Waals surface area contributed by atoms with Crippen LogP contribution in [0.4, 0.5) is 5.69 Å². The Labute approximate surface area is 124 Å². The van der Waals surface area contributed by atoms with Gasteiger partial charge in [0.2, 0.25) is 0 Å². The van der Waals surface area contributed by atoms with Gasteiger partial charge in [-0.05, 0) is 56.3 Å². The van der Waals surface area contributed by atoms with E-state index >= 15 is 0 Å². The summed E-state index contributed by atoms with van der Waals surface area (Å²) in [6.07, 6.45) is 3.45. The van der Waals surface area contributed by atoms with Crippen molar-refractivity contribution in [3.8, 4) is 0 Å². The number of rotatable bonds is 4. The summed E-state index contributed by atoms with van der Waals surface area (Å²) in [7, 11) is -3.92. The van der Waals surface area contributed by atoms with Crippen molar-refractivity contribution in [3.63, 3.8) is 0 Å². The molecule has 0 bridgehead atoms. The summed E-state index contributed by atoms with van der Waals surface area (Å²) in [5.41, 5.74) is 0.558. The molecule has 114 valence electrons. The zero-order chi connectivity index (χ0) is 15.3. The second-order valence-electron chi connectivity index (χ2n) is 4.78. The van der Waals surface area contributed by atoms with Gasteiger partial charge in [-0.2, -0.15) is 12.8 Å². The van der Waals surface area contributed by atoms with E-state index in [4.69, 9.17) is 0 Å². The van der Waals surface area contributed by atoms with E-state index in [2.05, 4.69) is 14.7 Å². The van der Waals surface area contributed by atoms with Crippen LogP contribution < -0.4 is 5.11 Å². The van der Waals surface area contributed by atoms with Crippen molar-refractivity contribution in [2.45, 2.75) is 31.1 Å². The molecular weight excluding hydrogens is 292 g/mol. The predicted molar refractivity (Wildman–Crippen MR) is 76.7 cm³/mol. The number of piperidine rings is 1. The van der Waals surface area contributed by atoms with Crippen LogP contribution in [0.15, 0.2) is 43.9 Å². The van der Waals surface area contributed by atoms with Crippen molar-refractivity contribution in [1.82, 2.24) is 5.01 Å². The number of hydrogen-bond acceptors (Lipinski definition) is 5. The van der Waals surface area contributed by atoms with E-state index < -0.39 is 15.9 Å². The van der Waals surface area contributed by atoms with Crippen LogP contribution >= 0.6 is 0 Å². The Bertz CT molecular complexity index is 628. The van der Waals surface area contributed by atoms with Crippen molar-refractivity contribution in [3.05, 3.63) is 24.3 Å². The molecule has 1 aromatic carbocycles. The molecule has 7 nitrogen and oxygen atoms in total. The fraction of sp³-hybridized carbons (Fsp3) is 0.462. The van der Waals surface area contributed by atoms with E-state index in [0.717, 1.165) is 32.9 Å². The molecule has 1 aromatic rings. The maximum atomic E-state index is 11.7. The topological polar surface area (TPSA) is 97.5 Å². The molecule has 8 heteroatoms. The number of nitrogens with zero attached hydrogens (tertiary/aromatic N) is 4. The molecule has 0 atom stereocenters. The highest BCUT2D eigenvalue weighted by molar-refractivity contribution is 7.90. The third-order valence-electron chi connectivity index (χ3n) is 3.00. The van der Waals surface area contributed by atoms with Crippen LogP contribution in [0, 0.1) is 0 Å². The van der Waals surface area contributed by atoms with E-state index in [1.54, 1.807) is 0 Å². The third-order valence-corrected chi connectivity index (χ3v) is 4.37. The Morgan fingerprint density at radius 2 is 1.76 bits per heavy atom. The minimum absolute atomic E-state index is 0.0328. The van der Waals surface area contributed by atoms with Crippen LogP contribution in [0.3, 0.4) is 0 Å². The fourth-order valence-corrected chi connectivity index (χ4v) is 2.91. The van der Waals surface area contributed by atoms with Crippen molar-refractivity contribution < 1.29 is 13.5 Å². The Hall–Kier alpha value is -1.96. The third kappa shape index (κ3) is 4.52. The molecule has 0 aromatic heterocycles. The van der Waals surface area contributed by atoms with Crippen LogP contribution in [-0.2, 0) is 10.0 Å². The molecule has 1 heterocycles. The summed E-state index contributed by atoms with van der Waals surface area (Å²) in [6.45, 7) is 2.89. The highest BCUT2D eigenvalue weighted by Gasteiger charge is 2.11. The SMILES string of the molecule is CC([O-])=NS(=O)(=O)c1ccc(N=NN2CCCCC2)cc1. The summed E-state index contributed by atoms with van der Waals surface area (Å²) >= 11 is 0. The minimum atomic E-state index is -3.92. The normalized spacial score (nSPS) is 17.4. The summed E-state index contributed by atoms with van der Waals surface area (Å²) in [5, 5.41) is 20.9. The quantitative estimate of drug-likeness (QED) is 0.479. The van der Waals surface area contributed by atoms with E-state index in [1.165, 1.54) is 30.7 Å². The molecule has 0 aliphatic carbocycles. The smallest absolute Gasteiger partial charge is 0.281 e. The molecule has 0 unspecified atom stereocenters. The van der Waals surface area contributed by atoms with Gasteiger partial charge in [-0.1, -0.05) is 5.22 Å². The molecule has 2 rings (SSSR count). The highest BCUT2D eigenvalue weighted by atomic mass is 32.2. The van der Waals surface area contributed by atoms with Gasteiger partial charge in [-0.15, -0.1) is 5.11 Å². The average Bonchev–Trinajstić information content (AvgIpc) is 2.45. The molecule has 0 spiro atoms. The Kier molecular flexibility index (Phi) is 4.89. The first-order valence-electron chi connectivity index (χ1n) is 6.73. The van der Waals surface area contributed by atoms with Gasteiger partial charge >= 0.3 is 0 Å². The lowest BCUT2D eigenvalue weighted by Crippen LogP contribution is -2.23. The number of benzene rings is 1. The highest BCUT2D eigenvalue weighted by Crippen LogP contribution is 2.19. The zero-order valence-corrected chi connectivity index (χ0v) is 12.6. The minimum Gasteiger partial charge on any atom is -0.861 e. The van der Waals surface area contributed by atoms with E-state index in [1.807, 2.05) is 5.01 Å². The van der Waals surface area contributed by atoms with Crippen molar-refractivity contribution in [2.75, 3.05) is 13.1 Å². The van der Waals surface area contributed by atoms with Gasteiger partial charge in [0.15, 0.2) is 0 Å². The molecule has 1 aliphatic rings. The van der Waals surface area contributed by atoms with Gasteiger partial charge in [-0.3, -0.25) is 5.01 Å². The largest absolute Gasteiger partial charge is 0.861 e. The lowest BCUT2D eigenvalue weighted by molar-refractivity contribution is -0.215. The van der Waals surface area contributed by atoms with Gasteiger partial charge in [0.1, 0.15) is 0 Å².